The SMILES string of the molecule is COc1cccc(C(=O)C2C(=O)c3ccccc3O[C@@H]2C)c1. The summed E-state index contributed by atoms with van der Waals surface area (Å²) in [6.07, 6.45) is -0.499. The van der Waals surface area contributed by atoms with Crippen LogP contribution in [0.15, 0.2) is 48.5 Å². The second-order valence-electron chi connectivity index (χ2n) is 5.26. The summed E-state index contributed by atoms with van der Waals surface area (Å²) in [5.74, 6) is -0.146. The standard InChI is InChI=1S/C18H16O4/c1-11-16(17(19)12-6-5-7-13(10-12)21-2)18(20)14-8-3-4-9-15(14)22-11/h3-11,16H,1-2H3/t11-,16?/m1/s1. The molecule has 0 saturated heterocycles. The molecule has 3 rings (SSSR count). The molecule has 0 radical (unpaired) electrons. The second kappa shape index (κ2) is 5.64. The van der Waals surface area contributed by atoms with Gasteiger partial charge in [-0.2, -0.15) is 0 Å². The summed E-state index contributed by atoms with van der Waals surface area (Å²) in [6, 6.07) is 13.8. The zero-order valence-corrected chi connectivity index (χ0v) is 12.4. The van der Waals surface area contributed by atoms with Gasteiger partial charge in [-0.05, 0) is 31.2 Å². The van der Waals surface area contributed by atoms with Crippen LogP contribution in [0, 0.1) is 5.92 Å². The lowest BCUT2D eigenvalue weighted by atomic mass is 9.84. The van der Waals surface area contributed by atoms with Crippen LogP contribution in [0.4, 0.5) is 0 Å². The predicted molar refractivity (Wildman–Crippen MR) is 81.7 cm³/mol. The molecule has 22 heavy (non-hydrogen) atoms. The lowest BCUT2D eigenvalue weighted by Gasteiger charge is -2.29. The number of fused-ring (bicyclic) bond motifs is 1. The first-order chi connectivity index (χ1) is 10.6. The Bertz CT molecular complexity index is 735. The molecule has 0 bridgehead atoms. The molecule has 0 spiro atoms. The molecule has 112 valence electrons. The van der Waals surface area contributed by atoms with Crippen molar-refractivity contribution in [2.45, 2.75) is 13.0 Å². The number of carbonyl (C=O) groups is 2. The van der Waals surface area contributed by atoms with Crippen LogP contribution in [0.25, 0.3) is 0 Å². The van der Waals surface area contributed by atoms with Crippen LogP contribution < -0.4 is 9.47 Å². The fourth-order valence-corrected chi connectivity index (χ4v) is 2.71. The van der Waals surface area contributed by atoms with Crippen LogP contribution in [0.5, 0.6) is 11.5 Å². The first-order valence-electron chi connectivity index (χ1n) is 7.10. The van der Waals surface area contributed by atoms with Gasteiger partial charge in [-0.25, -0.2) is 0 Å². The monoisotopic (exact) mass is 296 g/mol. The molecule has 1 aliphatic heterocycles. The van der Waals surface area contributed by atoms with Crippen LogP contribution in [0.2, 0.25) is 0 Å². The Labute approximate surface area is 128 Å². The number of rotatable bonds is 3. The van der Waals surface area contributed by atoms with Gasteiger partial charge in [0.1, 0.15) is 23.5 Å². The van der Waals surface area contributed by atoms with E-state index in [4.69, 9.17) is 9.47 Å². The number of methoxy groups -OCH3 is 1. The molecule has 1 aliphatic rings. The van der Waals surface area contributed by atoms with Gasteiger partial charge in [0.25, 0.3) is 0 Å². The van der Waals surface area contributed by atoms with Crippen molar-refractivity contribution in [3.05, 3.63) is 59.7 Å². The van der Waals surface area contributed by atoms with E-state index in [1.54, 1.807) is 49.4 Å². The highest BCUT2D eigenvalue weighted by molar-refractivity contribution is 6.18. The molecule has 0 saturated carbocycles. The van der Waals surface area contributed by atoms with Crippen molar-refractivity contribution >= 4 is 11.6 Å². The molecule has 4 heteroatoms. The third-order valence-electron chi connectivity index (χ3n) is 3.85. The van der Waals surface area contributed by atoms with Gasteiger partial charge in [-0.15, -0.1) is 0 Å². The second-order valence-corrected chi connectivity index (χ2v) is 5.26. The van der Waals surface area contributed by atoms with Gasteiger partial charge in [0.15, 0.2) is 11.6 Å². The van der Waals surface area contributed by atoms with E-state index in [0.717, 1.165) is 0 Å². The number of hydrogen-bond acceptors (Lipinski definition) is 4. The zero-order chi connectivity index (χ0) is 15.7. The Morgan fingerprint density at radius 2 is 1.91 bits per heavy atom. The molecule has 1 heterocycles. The van der Waals surface area contributed by atoms with Crippen molar-refractivity contribution in [1.29, 1.82) is 0 Å². The minimum absolute atomic E-state index is 0.192. The number of ketones is 2. The maximum absolute atomic E-state index is 12.7. The molecule has 2 aromatic rings. The molecule has 1 unspecified atom stereocenters. The van der Waals surface area contributed by atoms with Crippen LogP contribution in [0.3, 0.4) is 0 Å². The Balaban J connectivity index is 1.97. The number of ether oxygens (including phenoxy) is 2. The van der Waals surface area contributed by atoms with Gasteiger partial charge < -0.3 is 9.47 Å². The fraction of sp³-hybridized carbons (Fsp3) is 0.222. The molecule has 0 fully saturated rings. The maximum Gasteiger partial charge on any atom is 0.181 e. The molecule has 2 atom stereocenters. The van der Waals surface area contributed by atoms with Gasteiger partial charge >= 0.3 is 0 Å². The van der Waals surface area contributed by atoms with Crippen LogP contribution in [-0.4, -0.2) is 24.8 Å². The number of para-hydroxylation sites is 1. The van der Waals surface area contributed by atoms with Crippen LogP contribution >= 0.6 is 0 Å². The normalized spacial score (nSPS) is 20.0. The lowest BCUT2D eigenvalue weighted by molar-refractivity contribution is 0.0606. The van der Waals surface area contributed by atoms with E-state index in [-0.39, 0.29) is 11.6 Å². The summed E-state index contributed by atoms with van der Waals surface area (Å²) < 4.78 is 10.9. The highest BCUT2D eigenvalue weighted by Gasteiger charge is 2.39. The van der Waals surface area contributed by atoms with Crippen molar-refractivity contribution in [3.63, 3.8) is 0 Å². The van der Waals surface area contributed by atoms with Crippen molar-refractivity contribution < 1.29 is 19.1 Å². The summed E-state index contributed by atoms with van der Waals surface area (Å²) in [4.78, 5) is 25.4. The summed E-state index contributed by atoms with van der Waals surface area (Å²) in [5, 5.41) is 0. The molecule has 0 amide bonds. The summed E-state index contributed by atoms with van der Waals surface area (Å²) in [5.41, 5.74) is 0.911. The minimum atomic E-state index is -0.831. The fourth-order valence-electron chi connectivity index (χ4n) is 2.71. The molecular formula is C18H16O4. The summed E-state index contributed by atoms with van der Waals surface area (Å²) >= 11 is 0. The summed E-state index contributed by atoms with van der Waals surface area (Å²) in [7, 11) is 1.54. The average molecular weight is 296 g/mol. The van der Waals surface area contributed by atoms with Gasteiger partial charge in [-0.1, -0.05) is 24.3 Å². The number of benzene rings is 2. The predicted octanol–water partition coefficient (Wildman–Crippen LogP) is 3.16. The van der Waals surface area contributed by atoms with Crippen molar-refractivity contribution in [2.75, 3.05) is 7.11 Å². The third-order valence-corrected chi connectivity index (χ3v) is 3.85. The van der Waals surface area contributed by atoms with Gasteiger partial charge in [0.05, 0.1) is 12.7 Å². The van der Waals surface area contributed by atoms with E-state index in [0.29, 0.717) is 22.6 Å². The first-order valence-corrected chi connectivity index (χ1v) is 7.10. The topological polar surface area (TPSA) is 52.6 Å². The van der Waals surface area contributed by atoms with Crippen molar-refractivity contribution in [1.82, 2.24) is 0 Å². The van der Waals surface area contributed by atoms with Gasteiger partial charge in [-0.3, -0.25) is 9.59 Å². The van der Waals surface area contributed by atoms with Crippen LogP contribution in [-0.2, 0) is 0 Å². The first kappa shape index (κ1) is 14.3. The van der Waals surface area contributed by atoms with E-state index in [1.165, 1.54) is 7.11 Å². The molecule has 4 nitrogen and oxygen atoms in total. The number of carbonyl (C=O) groups excluding carboxylic acids is 2. The third kappa shape index (κ3) is 2.37. The zero-order valence-electron chi connectivity index (χ0n) is 12.4. The van der Waals surface area contributed by atoms with Crippen molar-refractivity contribution in [2.24, 2.45) is 5.92 Å². The van der Waals surface area contributed by atoms with Gasteiger partial charge in [0, 0.05) is 5.56 Å². The minimum Gasteiger partial charge on any atom is -0.497 e. The summed E-state index contributed by atoms with van der Waals surface area (Å²) in [6.45, 7) is 1.75. The lowest BCUT2D eigenvalue weighted by Crippen LogP contribution is -2.40. The Morgan fingerprint density at radius 3 is 2.68 bits per heavy atom. The van der Waals surface area contributed by atoms with E-state index < -0.39 is 12.0 Å². The quantitative estimate of drug-likeness (QED) is 0.645. The number of hydrogen-bond donors (Lipinski definition) is 0. The van der Waals surface area contributed by atoms with Gasteiger partial charge in [0.2, 0.25) is 0 Å². The Hall–Kier alpha value is -2.62. The van der Waals surface area contributed by atoms with Crippen LogP contribution in [0.1, 0.15) is 27.6 Å². The van der Waals surface area contributed by atoms with Crippen molar-refractivity contribution in [3.8, 4) is 11.5 Å². The molecule has 0 N–H and O–H groups in total. The van der Waals surface area contributed by atoms with E-state index in [1.807, 2.05) is 6.07 Å². The highest BCUT2D eigenvalue weighted by atomic mass is 16.5. The smallest absolute Gasteiger partial charge is 0.181 e. The molecule has 2 aromatic carbocycles. The molecular weight excluding hydrogens is 280 g/mol. The average Bonchev–Trinajstić information content (AvgIpc) is 2.54. The van der Waals surface area contributed by atoms with E-state index >= 15 is 0 Å². The maximum atomic E-state index is 12.7. The largest absolute Gasteiger partial charge is 0.497 e. The van der Waals surface area contributed by atoms with E-state index in [9.17, 15) is 9.59 Å². The Morgan fingerprint density at radius 1 is 1.14 bits per heavy atom. The molecule has 0 aromatic heterocycles. The van der Waals surface area contributed by atoms with E-state index in [2.05, 4.69) is 0 Å². The Kier molecular flexibility index (Phi) is 3.67. The number of Topliss-reactive ketones (excluding diaryl/α,β-unsaturated/α-hetero) is 2. The molecule has 0 aliphatic carbocycles. The highest BCUT2D eigenvalue weighted by Crippen LogP contribution is 2.32.